The van der Waals surface area contributed by atoms with Gasteiger partial charge in [-0.3, -0.25) is 0 Å². The fourth-order valence-electron chi connectivity index (χ4n) is 2.31. The molecule has 2 N–H and O–H groups in total. The molecule has 0 aliphatic heterocycles. The Kier molecular flexibility index (Phi) is 4.27. The Morgan fingerprint density at radius 1 is 1.20 bits per heavy atom. The standard InChI is InChI=1S/C17H18N2O/c1-3-15(13-8-4-5-10-17(13)20)19-16-9-6-7-12(2)14(16)11-18/h4-10,15,19-20H,3H2,1-2H3. The van der Waals surface area contributed by atoms with Crippen LogP contribution in [0.2, 0.25) is 0 Å². The number of nitrogens with zero attached hydrogens (tertiary/aromatic N) is 1. The van der Waals surface area contributed by atoms with Crippen molar-refractivity contribution in [1.29, 1.82) is 5.26 Å². The van der Waals surface area contributed by atoms with Crippen molar-refractivity contribution < 1.29 is 5.11 Å². The number of nitriles is 1. The number of phenolic OH excluding ortho intramolecular Hbond substituents is 1. The van der Waals surface area contributed by atoms with Crippen LogP contribution in [0.4, 0.5) is 5.69 Å². The van der Waals surface area contributed by atoms with E-state index in [0.29, 0.717) is 5.56 Å². The summed E-state index contributed by atoms with van der Waals surface area (Å²) < 4.78 is 0. The zero-order valence-corrected chi connectivity index (χ0v) is 11.7. The molecule has 0 aliphatic carbocycles. The molecule has 3 heteroatoms. The summed E-state index contributed by atoms with van der Waals surface area (Å²) in [7, 11) is 0. The minimum Gasteiger partial charge on any atom is -0.508 e. The Balaban J connectivity index is 2.35. The second kappa shape index (κ2) is 6.12. The zero-order valence-electron chi connectivity index (χ0n) is 11.7. The van der Waals surface area contributed by atoms with Crippen molar-refractivity contribution in [2.24, 2.45) is 0 Å². The van der Waals surface area contributed by atoms with E-state index in [4.69, 9.17) is 0 Å². The predicted octanol–water partition coefficient (Wildman–Crippen LogP) is 4.14. The molecule has 0 aromatic heterocycles. The molecule has 1 atom stereocenters. The summed E-state index contributed by atoms with van der Waals surface area (Å²) in [5.41, 5.74) is 3.26. The van der Waals surface area contributed by atoms with Crippen LogP contribution >= 0.6 is 0 Å². The Morgan fingerprint density at radius 2 is 1.95 bits per heavy atom. The summed E-state index contributed by atoms with van der Waals surface area (Å²) in [5, 5.41) is 22.6. The van der Waals surface area contributed by atoms with Gasteiger partial charge in [0.25, 0.3) is 0 Å². The quantitative estimate of drug-likeness (QED) is 0.874. The molecular weight excluding hydrogens is 248 g/mol. The molecular formula is C17H18N2O. The fraction of sp³-hybridized carbons (Fsp3) is 0.235. The molecule has 0 saturated carbocycles. The lowest BCUT2D eigenvalue weighted by atomic mass is 10.0. The van der Waals surface area contributed by atoms with Crippen molar-refractivity contribution in [3.8, 4) is 11.8 Å². The third-order valence-electron chi connectivity index (χ3n) is 3.43. The first-order valence-corrected chi connectivity index (χ1v) is 6.71. The lowest BCUT2D eigenvalue weighted by Gasteiger charge is -2.21. The molecule has 0 saturated heterocycles. The van der Waals surface area contributed by atoms with Crippen molar-refractivity contribution in [1.82, 2.24) is 0 Å². The molecule has 20 heavy (non-hydrogen) atoms. The Hall–Kier alpha value is -2.47. The first kappa shape index (κ1) is 14.0. The van der Waals surface area contributed by atoms with Gasteiger partial charge < -0.3 is 10.4 Å². The van der Waals surface area contributed by atoms with Crippen LogP contribution in [-0.2, 0) is 0 Å². The summed E-state index contributed by atoms with van der Waals surface area (Å²) in [4.78, 5) is 0. The Labute approximate surface area is 119 Å². The number of para-hydroxylation sites is 1. The van der Waals surface area contributed by atoms with E-state index in [9.17, 15) is 10.4 Å². The fourth-order valence-corrected chi connectivity index (χ4v) is 2.31. The summed E-state index contributed by atoms with van der Waals surface area (Å²) in [6.07, 6.45) is 0.816. The Morgan fingerprint density at radius 3 is 2.60 bits per heavy atom. The van der Waals surface area contributed by atoms with Crippen molar-refractivity contribution in [2.75, 3.05) is 5.32 Å². The van der Waals surface area contributed by atoms with Gasteiger partial charge in [0, 0.05) is 5.56 Å². The third kappa shape index (κ3) is 2.75. The highest BCUT2D eigenvalue weighted by Gasteiger charge is 2.15. The lowest BCUT2D eigenvalue weighted by Crippen LogP contribution is -2.11. The molecule has 0 aliphatic rings. The maximum atomic E-state index is 9.97. The van der Waals surface area contributed by atoms with Crippen molar-refractivity contribution in [2.45, 2.75) is 26.3 Å². The van der Waals surface area contributed by atoms with Gasteiger partial charge in [-0.2, -0.15) is 5.26 Å². The van der Waals surface area contributed by atoms with E-state index >= 15 is 0 Å². The maximum absolute atomic E-state index is 9.97. The molecule has 2 aromatic rings. The van der Waals surface area contributed by atoms with Gasteiger partial charge in [0.1, 0.15) is 11.8 Å². The first-order chi connectivity index (χ1) is 9.67. The topological polar surface area (TPSA) is 56.0 Å². The average Bonchev–Trinajstić information content (AvgIpc) is 2.46. The second-order valence-electron chi connectivity index (χ2n) is 4.77. The number of benzene rings is 2. The van der Waals surface area contributed by atoms with Crippen LogP contribution in [0.3, 0.4) is 0 Å². The van der Waals surface area contributed by atoms with Crippen molar-refractivity contribution in [3.63, 3.8) is 0 Å². The van der Waals surface area contributed by atoms with Crippen LogP contribution < -0.4 is 5.32 Å². The minimum atomic E-state index is -0.0231. The van der Waals surface area contributed by atoms with E-state index < -0.39 is 0 Å². The van der Waals surface area contributed by atoms with Gasteiger partial charge in [-0.25, -0.2) is 0 Å². The van der Waals surface area contributed by atoms with Gasteiger partial charge in [0.2, 0.25) is 0 Å². The van der Waals surface area contributed by atoms with E-state index in [1.807, 2.05) is 44.2 Å². The third-order valence-corrected chi connectivity index (χ3v) is 3.43. The van der Waals surface area contributed by atoms with Gasteiger partial charge in [0.05, 0.1) is 17.3 Å². The van der Waals surface area contributed by atoms with E-state index in [-0.39, 0.29) is 11.8 Å². The van der Waals surface area contributed by atoms with Gasteiger partial charge in [-0.15, -0.1) is 0 Å². The van der Waals surface area contributed by atoms with E-state index in [1.54, 1.807) is 12.1 Å². The van der Waals surface area contributed by atoms with Gasteiger partial charge in [-0.1, -0.05) is 37.3 Å². The number of rotatable bonds is 4. The molecule has 3 nitrogen and oxygen atoms in total. The van der Waals surface area contributed by atoms with E-state index in [1.165, 1.54) is 0 Å². The van der Waals surface area contributed by atoms with Crippen molar-refractivity contribution >= 4 is 5.69 Å². The predicted molar refractivity (Wildman–Crippen MR) is 80.7 cm³/mol. The normalized spacial score (nSPS) is 11.7. The monoisotopic (exact) mass is 266 g/mol. The SMILES string of the molecule is CCC(Nc1cccc(C)c1C#N)c1ccccc1O. The summed E-state index contributed by atoms with van der Waals surface area (Å²) >= 11 is 0. The molecule has 0 amide bonds. The zero-order chi connectivity index (χ0) is 14.5. The van der Waals surface area contributed by atoms with Crippen LogP contribution in [0.25, 0.3) is 0 Å². The first-order valence-electron chi connectivity index (χ1n) is 6.71. The molecule has 2 rings (SSSR count). The van der Waals surface area contributed by atoms with E-state index in [0.717, 1.165) is 23.2 Å². The van der Waals surface area contributed by atoms with Gasteiger partial charge >= 0.3 is 0 Å². The van der Waals surface area contributed by atoms with E-state index in [2.05, 4.69) is 11.4 Å². The number of aromatic hydroxyl groups is 1. The highest BCUT2D eigenvalue weighted by molar-refractivity contribution is 5.61. The van der Waals surface area contributed by atoms with Crippen LogP contribution in [0.15, 0.2) is 42.5 Å². The molecule has 0 fully saturated rings. The van der Waals surface area contributed by atoms with Crippen molar-refractivity contribution in [3.05, 3.63) is 59.2 Å². The number of phenols is 1. The van der Waals surface area contributed by atoms with Gasteiger partial charge in [-0.05, 0) is 31.0 Å². The van der Waals surface area contributed by atoms with Crippen LogP contribution in [0.5, 0.6) is 5.75 Å². The number of hydrogen-bond acceptors (Lipinski definition) is 3. The smallest absolute Gasteiger partial charge is 0.120 e. The molecule has 1 unspecified atom stereocenters. The summed E-state index contributed by atoms with van der Waals surface area (Å²) in [6, 6.07) is 15.2. The molecule has 102 valence electrons. The van der Waals surface area contributed by atoms with Gasteiger partial charge in [0.15, 0.2) is 0 Å². The summed E-state index contributed by atoms with van der Waals surface area (Å²) in [6.45, 7) is 3.97. The number of hydrogen-bond donors (Lipinski definition) is 2. The maximum Gasteiger partial charge on any atom is 0.120 e. The lowest BCUT2D eigenvalue weighted by molar-refractivity contribution is 0.463. The van der Waals surface area contributed by atoms with Crippen LogP contribution in [0, 0.1) is 18.3 Å². The minimum absolute atomic E-state index is 0.0231. The summed E-state index contributed by atoms with van der Waals surface area (Å²) in [5.74, 6) is 0.276. The largest absolute Gasteiger partial charge is 0.508 e. The van der Waals surface area contributed by atoms with Crippen LogP contribution in [-0.4, -0.2) is 5.11 Å². The number of aryl methyl sites for hydroxylation is 1. The second-order valence-corrected chi connectivity index (χ2v) is 4.77. The molecule has 2 aromatic carbocycles. The molecule has 0 bridgehead atoms. The highest BCUT2D eigenvalue weighted by Crippen LogP contribution is 2.30. The average molecular weight is 266 g/mol. The molecule has 0 heterocycles. The van der Waals surface area contributed by atoms with Crippen LogP contribution in [0.1, 0.15) is 36.1 Å². The number of anilines is 1. The highest BCUT2D eigenvalue weighted by atomic mass is 16.3. The molecule has 0 spiro atoms. The molecule has 0 radical (unpaired) electrons. The Bertz CT molecular complexity index is 644. The number of nitrogens with one attached hydrogen (secondary N) is 1.